The first-order valence-electron chi connectivity index (χ1n) is 23.1. The van der Waals surface area contributed by atoms with Gasteiger partial charge < -0.3 is 29.9 Å². The molecule has 69 heavy (non-hydrogen) atoms. The van der Waals surface area contributed by atoms with Crippen LogP contribution >= 0.6 is 0 Å². The Morgan fingerprint density at radius 1 is 0.232 bits per heavy atom. The van der Waals surface area contributed by atoms with E-state index in [0.29, 0.717) is 0 Å². The largest absolute Gasteiger partial charge is 0.357 e. The Labute approximate surface area is 401 Å². The molecule has 9 aromatic rings. The van der Waals surface area contributed by atoms with Crippen LogP contribution in [-0.4, -0.2) is 67.2 Å². The summed E-state index contributed by atoms with van der Waals surface area (Å²) in [5.74, 6) is 0. The van der Waals surface area contributed by atoms with Crippen molar-refractivity contribution in [3.05, 3.63) is 214 Å². The van der Waals surface area contributed by atoms with E-state index >= 15 is 0 Å². The van der Waals surface area contributed by atoms with E-state index in [2.05, 4.69) is 144 Å². The Hall–Kier alpha value is -8.64. The summed E-state index contributed by atoms with van der Waals surface area (Å²) >= 11 is 0. The highest BCUT2D eigenvalue weighted by Gasteiger charge is 2.28. The molecule has 1 aliphatic heterocycles. The Morgan fingerprint density at radius 3 is 0.551 bits per heavy atom. The van der Waals surface area contributed by atoms with Gasteiger partial charge in [0.05, 0.1) is 106 Å². The van der Waals surface area contributed by atoms with Crippen LogP contribution in [0.25, 0.3) is 0 Å². The molecule has 12 nitrogen and oxygen atoms in total. The fraction of sp³-hybridized carbons (Fsp3) is 0.158. The van der Waals surface area contributed by atoms with Gasteiger partial charge in [-0.05, 0) is 151 Å². The van der Waals surface area contributed by atoms with Gasteiger partial charge in [0.1, 0.15) is 0 Å². The molecule has 12 bridgehead atoms. The number of nitrogens with zero attached hydrogens (tertiary/aromatic N) is 6. The maximum Gasteiger partial charge on any atom is 0.0887 e. The monoisotopic (exact) mass is 906 g/mol. The molecule has 0 amide bonds. The maximum atomic E-state index is 4.87. The Morgan fingerprint density at radius 2 is 0.391 bits per heavy atom. The average Bonchev–Trinajstić information content (AvgIpc) is 4.22. The van der Waals surface area contributed by atoms with Crippen LogP contribution in [0.3, 0.4) is 0 Å². The molecular weight excluding hydrogens is 853 g/mol. The number of hydrogen-bond donors (Lipinski definition) is 6. The number of rotatable bonds is 0. The van der Waals surface area contributed by atoms with Crippen LogP contribution in [0.5, 0.6) is 0 Å². The van der Waals surface area contributed by atoms with Gasteiger partial charge in [-0.1, -0.05) is 36.4 Å². The maximum absolute atomic E-state index is 4.87. The lowest BCUT2D eigenvalue weighted by Gasteiger charge is -2.22. The lowest BCUT2D eigenvalue weighted by atomic mass is 9.86. The summed E-state index contributed by atoms with van der Waals surface area (Å²) in [4.78, 5) is 50.7. The molecule has 0 fully saturated rings. The molecular formula is C57H54N12. The number of aliphatic imine (C=N–C) groups is 6. The van der Waals surface area contributed by atoms with Crippen LogP contribution in [0.1, 0.15) is 110 Å². The first kappa shape index (κ1) is 44.2. The minimum absolute atomic E-state index is 0.357. The predicted molar refractivity (Wildman–Crippen MR) is 284 cm³/mol. The highest BCUT2D eigenvalue weighted by Crippen LogP contribution is 2.35. The van der Waals surface area contributed by atoms with Crippen molar-refractivity contribution < 1.29 is 0 Å². The van der Waals surface area contributed by atoms with Crippen LogP contribution in [0.15, 0.2) is 176 Å². The van der Waals surface area contributed by atoms with E-state index in [4.69, 9.17) is 30.0 Å². The molecule has 0 saturated carbocycles. The quantitative estimate of drug-likeness (QED) is 0.0853. The highest BCUT2D eigenvalue weighted by atomic mass is 14.9. The van der Waals surface area contributed by atoms with Crippen LogP contribution in [0.2, 0.25) is 0 Å². The summed E-state index contributed by atoms with van der Waals surface area (Å²) in [7, 11) is 0. The van der Waals surface area contributed by atoms with Crippen molar-refractivity contribution in [1.29, 1.82) is 0 Å². The van der Waals surface area contributed by atoms with Crippen LogP contribution in [-0.2, 0) is 16.2 Å². The van der Waals surface area contributed by atoms with E-state index in [1.807, 2.05) is 110 Å². The van der Waals surface area contributed by atoms with Crippen LogP contribution < -0.4 is 0 Å². The molecule has 0 spiro atoms. The minimum atomic E-state index is -0.357. The zero-order chi connectivity index (χ0) is 47.6. The average molecular weight is 907 g/mol. The van der Waals surface area contributed by atoms with Gasteiger partial charge in [-0.3, -0.25) is 30.0 Å². The van der Waals surface area contributed by atoms with Gasteiger partial charge in [0, 0.05) is 50.4 Å². The number of fused-ring (bicyclic) bond motifs is 15. The Bertz CT molecular complexity index is 2870. The second-order valence-electron chi connectivity index (χ2n) is 18.9. The Kier molecular flexibility index (Phi) is 11.7. The van der Waals surface area contributed by atoms with Crippen molar-refractivity contribution in [2.24, 2.45) is 30.0 Å². The van der Waals surface area contributed by atoms with E-state index in [9.17, 15) is 0 Å². The number of hydrogen-bond acceptors (Lipinski definition) is 6. The summed E-state index contributed by atoms with van der Waals surface area (Å²) < 4.78 is 0. The van der Waals surface area contributed by atoms with Gasteiger partial charge in [-0.25, -0.2) is 0 Å². The van der Waals surface area contributed by atoms with Gasteiger partial charge >= 0.3 is 0 Å². The zero-order valence-corrected chi connectivity index (χ0v) is 39.5. The third-order valence-corrected chi connectivity index (χ3v) is 13.0. The van der Waals surface area contributed by atoms with Crippen molar-refractivity contribution >= 4 is 71.4 Å². The fourth-order valence-electron chi connectivity index (χ4n) is 8.43. The molecule has 0 aliphatic carbocycles. The smallest absolute Gasteiger partial charge is 0.0887 e. The molecule has 3 aromatic carbocycles. The first-order valence-corrected chi connectivity index (χ1v) is 23.1. The molecule has 342 valence electrons. The fourth-order valence-corrected chi connectivity index (χ4v) is 8.43. The second-order valence-corrected chi connectivity index (χ2v) is 18.9. The summed E-state index contributed by atoms with van der Waals surface area (Å²) in [6.07, 6.45) is 11.1. The van der Waals surface area contributed by atoms with Crippen molar-refractivity contribution in [2.75, 3.05) is 0 Å². The van der Waals surface area contributed by atoms with Crippen molar-refractivity contribution in [1.82, 2.24) is 29.9 Å². The number of para-hydroxylation sites is 6. The third kappa shape index (κ3) is 9.37. The number of benzene rings is 3. The van der Waals surface area contributed by atoms with Crippen LogP contribution in [0.4, 0.5) is 34.1 Å². The summed E-state index contributed by atoms with van der Waals surface area (Å²) in [5.41, 5.74) is 15.1. The van der Waals surface area contributed by atoms with Crippen molar-refractivity contribution in [3.63, 3.8) is 0 Å². The number of aromatic amines is 6. The molecule has 7 heterocycles. The van der Waals surface area contributed by atoms with Gasteiger partial charge in [0.2, 0.25) is 0 Å². The van der Waals surface area contributed by atoms with Crippen LogP contribution in [0, 0.1) is 0 Å². The lowest BCUT2D eigenvalue weighted by Crippen LogP contribution is -2.20. The molecule has 1 aliphatic rings. The molecule has 6 N–H and O–H groups in total. The van der Waals surface area contributed by atoms with E-state index in [-0.39, 0.29) is 16.2 Å². The minimum Gasteiger partial charge on any atom is -0.357 e. The zero-order valence-electron chi connectivity index (χ0n) is 39.5. The molecule has 0 unspecified atom stereocenters. The second kappa shape index (κ2) is 18.2. The predicted octanol–water partition coefficient (Wildman–Crippen LogP) is 13.4. The van der Waals surface area contributed by atoms with Gasteiger partial charge in [0.25, 0.3) is 0 Å². The highest BCUT2D eigenvalue weighted by molar-refractivity contribution is 5.88. The van der Waals surface area contributed by atoms with Gasteiger partial charge in [-0.2, -0.15) is 0 Å². The van der Waals surface area contributed by atoms with Crippen molar-refractivity contribution in [3.8, 4) is 0 Å². The molecule has 10 rings (SSSR count). The topological polar surface area (TPSA) is 169 Å². The summed E-state index contributed by atoms with van der Waals surface area (Å²) in [6.45, 7) is 13.1. The lowest BCUT2D eigenvalue weighted by molar-refractivity contribution is 0.603. The summed E-state index contributed by atoms with van der Waals surface area (Å²) in [5, 5.41) is 0. The third-order valence-electron chi connectivity index (χ3n) is 13.0. The standard InChI is InChI=1S/C57H54N12/c1-55(2)49-25-19-37(64-49)31-58-43-13-7-9-15-45(43)60-33-39-21-27-51(66-39)56(3,4)53-29-23-41(68-53)35-62-47-17-11-12-18-48(47)63-36-42-24-30-54(69-42)57(5,6)52-28-22-40(67-52)34-61-46-16-10-8-14-44(46)59-32-38-20-26-50(55)65-38/h7-36,64-69H,1-6H3. The molecule has 6 aromatic heterocycles. The van der Waals surface area contributed by atoms with E-state index in [0.717, 1.165) is 102 Å². The number of H-pyrrole nitrogens is 6. The first-order chi connectivity index (χ1) is 33.4. The SMILES string of the molecule is CC1(C)c2ccc([nH]2)C=Nc2ccccc2N=Cc2ccc([nH]2)C(C)(C)c2ccc([nH]2)C=Nc2ccccc2N=Cc2ccc([nH]2)C(C)(C)c2ccc([nH]2)C=Nc2ccccc2N=Cc2ccc1[nH]2. The van der Waals surface area contributed by atoms with Gasteiger partial charge in [0.15, 0.2) is 0 Å². The molecule has 0 saturated heterocycles. The molecule has 0 radical (unpaired) electrons. The molecule has 12 heteroatoms. The van der Waals surface area contributed by atoms with Gasteiger partial charge in [-0.15, -0.1) is 0 Å². The summed E-state index contributed by atoms with van der Waals surface area (Å²) in [6, 6.07) is 48.6. The number of nitrogens with one attached hydrogen (secondary N) is 6. The van der Waals surface area contributed by atoms with E-state index in [1.165, 1.54) is 0 Å². The molecule has 0 atom stereocenters. The van der Waals surface area contributed by atoms with Crippen molar-refractivity contribution in [2.45, 2.75) is 57.8 Å². The Balaban J connectivity index is 0.969. The normalized spacial score (nSPS) is 15.4. The van der Waals surface area contributed by atoms with E-state index in [1.54, 1.807) is 0 Å². The number of aromatic nitrogens is 6. The van der Waals surface area contributed by atoms with E-state index < -0.39 is 0 Å².